The molecule has 1 atom stereocenters. The molecule has 0 aliphatic carbocycles. The second-order valence-electron chi connectivity index (χ2n) is 4.44. The zero-order valence-corrected chi connectivity index (χ0v) is 9.42. The minimum atomic E-state index is -0.769. The molecule has 1 N–H and O–H groups in total. The van der Waals surface area contributed by atoms with Gasteiger partial charge in [-0.2, -0.15) is 0 Å². The van der Waals surface area contributed by atoms with E-state index in [4.69, 9.17) is 4.74 Å². The van der Waals surface area contributed by atoms with Crippen molar-refractivity contribution in [1.82, 2.24) is 0 Å². The summed E-state index contributed by atoms with van der Waals surface area (Å²) in [6.45, 7) is 5.34. The summed E-state index contributed by atoms with van der Waals surface area (Å²) in [7, 11) is 0. The third-order valence-corrected chi connectivity index (χ3v) is 3.33. The van der Waals surface area contributed by atoms with Crippen molar-refractivity contribution in [3.8, 4) is 0 Å². The maximum absolute atomic E-state index is 10.5. The first-order valence-electron chi connectivity index (χ1n) is 5.50. The van der Waals surface area contributed by atoms with Crippen LogP contribution in [-0.2, 0) is 10.3 Å². The second-order valence-corrected chi connectivity index (χ2v) is 4.44. The van der Waals surface area contributed by atoms with E-state index < -0.39 is 5.60 Å². The van der Waals surface area contributed by atoms with Gasteiger partial charge in [0.1, 0.15) is 5.60 Å². The molecular weight excluding hydrogens is 188 g/mol. The van der Waals surface area contributed by atoms with Crippen LogP contribution < -0.4 is 0 Å². The van der Waals surface area contributed by atoms with E-state index in [9.17, 15) is 5.11 Å². The third-order valence-electron chi connectivity index (χ3n) is 3.33. The summed E-state index contributed by atoms with van der Waals surface area (Å²) < 4.78 is 5.38. The molecule has 1 aliphatic heterocycles. The lowest BCUT2D eigenvalue weighted by atomic mass is 9.84. The SMILES string of the molecule is Cc1cccc(C2(O)CCCOC2)c1C. The van der Waals surface area contributed by atoms with Gasteiger partial charge in [0.2, 0.25) is 0 Å². The highest BCUT2D eigenvalue weighted by molar-refractivity contribution is 5.37. The normalized spacial score (nSPS) is 26.6. The zero-order chi connectivity index (χ0) is 10.9. The molecule has 1 aromatic carbocycles. The first-order valence-corrected chi connectivity index (χ1v) is 5.50. The number of aliphatic hydroxyl groups is 1. The van der Waals surface area contributed by atoms with E-state index in [1.165, 1.54) is 11.1 Å². The highest BCUT2D eigenvalue weighted by Gasteiger charge is 2.33. The average molecular weight is 206 g/mol. The van der Waals surface area contributed by atoms with Crippen LogP contribution in [0.5, 0.6) is 0 Å². The molecule has 1 heterocycles. The summed E-state index contributed by atoms with van der Waals surface area (Å²) in [6.07, 6.45) is 1.74. The number of ether oxygens (including phenoxy) is 1. The van der Waals surface area contributed by atoms with E-state index in [-0.39, 0.29) is 0 Å². The molecule has 1 unspecified atom stereocenters. The Hall–Kier alpha value is -0.860. The lowest BCUT2D eigenvalue weighted by Gasteiger charge is -2.33. The van der Waals surface area contributed by atoms with Gasteiger partial charge in [-0.1, -0.05) is 18.2 Å². The zero-order valence-electron chi connectivity index (χ0n) is 9.42. The van der Waals surface area contributed by atoms with Gasteiger partial charge in [-0.15, -0.1) is 0 Å². The van der Waals surface area contributed by atoms with E-state index >= 15 is 0 Å². The van der Waals surface area contributed by atoms with Gasteiger partial charge in [-0.25, -0.2) is 0 Å². The monoisotopic (exact) mass is 206 g/mol. The van der Waals surface area contributed by atoms with Crippen LogP contribution in [0.15, 0.2) is 18.2 Å². The van der Waals surface area contributed by atoms with Gasteiger partial charge in [-0.3, -0.25) is 0 Å². The Labute approximate surface area is 90.9 Å². The van der Waals surface area contributed by atoms with Gasteiger partial charge < -0.3 is 9.84 Å². The number of rotatable bonds is 1. The van der Waals surface area contributed by atoms with Crippen LogP contribution in [0.4, 0.5) is 0 Å². The highest BCUT2D eigenvalue weighted by atomic mass is 16.5. The first kappa shape index (κ1) is 10.7. The first-order chi connectivity index (χ1) is 7.13. The lowest BCUT2D eigenvalue weighted by molar-refractivity contribution is -0.0906. The molecule has 2 heteroatoms. The molecule has 0 radical (unpaired) electrons. The van der Waals surface area contributed by atoms with Crippen LogP contribution >= 0.6 is 0 Å². The average Bonchev–Trinajstić information content (AvgIpc) is 2.23. The van der Waals surface area contributed by atoms with Crippen molar-refractivity contribution in [3.05, 3.63) is 34.9 Å². The summed E-state index contributed by atoms with van der Waals surface area (Å²) in [5.74, 6) is 0. The van der Waals surface area contributed by atoms with Crippen LogP contribution in [0.25, 0.3) is 0 Å². The maximum Gasteiger partial charge on any atom is 0.113 e. The molecule has 15 heavy (non-hydrogen) atoms. The van der Waals surface area contributed by atoms with Crippen molar-refractivity contribution in [2.24, 2.45) is 0 Å². The Morgan fingerprint density at radius 3 is 2.80 bits per heavy atom. The van der Waals surface area contributed by atoms with Crippen LogP contribution in [0.1, 0.15) is 29.5 Å². The Bertz CT molecular complexity index is 352. The fourth-order valence-corrected chi connectivity index (χ4v) is 2.25. The molecule has 1 fully saturated rings. The molecule has 0 spiro atoms. The van der Waals surface area contributed by atoms with E-state index in [1.54, 1.807) is 0 Å². The minimum Gasteiger partial charge on any atom is -0.383 e. The summed E-state index contributed by atoms with van der Waals surface area (Å²) >= 11 is 0. The molecule has 2 rings (SSSR count). The van der Waals surface area contributed by atoms with Gasteiger partial charge >= 0.3 is 0 Å². The summed E-state index contributed by atoms with van der Waals surface area (Å²) in [5, 5.41) is 10.5. The lowest BCUT2D eigenvalue weighted by Crippen LogP contribution is -2.36. The number of hydrogen-bond donors (Lipinski definition) is 1. The van der Waals surface area contributed by atoms with Crippen LogP contribution in [0.3, 0.4) is 0 Å². The Morgan fingerprint density at radius 1 is 1.33 bits per heavy atom. The quantitative estimate of drug-likeness (QED) is 0.764. The van der Waals surface area contributed by atoms with Crippen molar-refractivity contribution in [2.45, 2.75) is 32.3 Å². The number of aryl methyl sites for hydroxylation is 1. The van der Waals surface area contributed by atoms with Crippen molar-refractivity contribution < 1.29 is 9.84 Å². The van der Waals surface area contributed by atoms with Crippen LogP contribution in [0.2, 0.25) is 0 Å². The topological polar surface area (TPSA) is 29.5 Å². The fourth-order valence-electron chi connectivity index (χ4n) is 2.25. The minimum absolute atomic E-state index is 0.428. The fraction of sp³-hybridized carbons (Fsp3) is 0.538. The van der Waals surface area contributed by atoms with E-state index in [0.717, 1.165) is 25.0 Å². The predicted molar refractivity (Wildman–Crippen MR) is 59.9 cm³/mol. The summed E-state index contributed by atoms with van der Waals surface area (Å²) in [4.78, 5) is 0. The van der Waals surface area contributed by atoms with Crippen LogP contribution in [-0.4, -0.2) is 18.3 Å². The molecule has 1 aliphatic rings. The molecule has 0 amide bonds. The Balaban J connectivity index is 2.39. The third kappa shape index (κ3) is 1.92. The van der Waals surface area contributed by atoms with Gasteiger partial charge in [0.25, 0.3) is 0 Å². The van der Waals surface area contributed by atoms with Gasteiger partial charge in [-0.05, 0) is 43.4 Å². The van der Waals surface area contributed by atoms with E-state index in [2.05, 4.69) is 19.9 Å². The van der Waals surface area contributed by atoms with E-state index in [1.807, 2.05) is 12.1 Å². The van der Waals surface area contributed by atoms with Crippen molar-refractivity contribution in [3.63, 3.8) is 0 Å². The standard InChI is InChI=1S/C13H18O2/c1-10-5-3-6-12(11(10)2)13(14)7-4-8-15-9-13/h3,5-6,14H,4,7-9H2,1-2H3. The molecule has 0 saturated carbocycles. The van der Waals surface area contributed by atoms with Gasteiger partial charge in [0.05, 0.1) is 6.61 Å². The largest absolute Gasteiger partial charge is 0.383 e. The second kappa shape index (κ2) is 3.95. The maximum atomic E-state index is 10.5. The smallest absolute Gasteiger partial charge is 0.113 e. The predicted octanol–water partition coefficient (Wildman–Crippen LogP) is 2.30. The van der Waals surface area contributed by atoms with E-state index in [0.29, 0.717) is 6.61 Å². The summed E-state index contributed by atoms with van der Waals surface area (Å²) in [5.41, 5.74) is 2.67. The molecule has 1 saturated heterocycles. The molecule has 0 bridgehead atoms. The number of hydrogen-bond acceptors (Lipinski definition) is 2. The Kier molecular flexibility index (Phi) is 2.81. The highest BCUT2D eigenvalue weighted by Crippen LogP contribution is 2.33. The van der Waals surface area contributed by atoms with Gasteiger partial charge in [0, 0.05) is 6.61 Å². The van der Waals surface area contributed by atoms with Crippen LogP contribution in [0, 0.1) is 13.8 Å². The van der Waals surface area contributed by atoms with Crippen molar-refractivity contribution in [2.75, 3.05) is 13.2 Å². The van der Waals surface area contributed by atoms with Gasteiger partial charge in [0.15, 0.2) is 0 Å². The van der Waals surface area contributed by atoms with Crippen molar-refractivity contribution >= 4 is 0 Å². The summed E-state index contributed by atoms with van der Waals surface area (Å²) in [6, 6.07) is 6.09. The molecule has 0 aromatic heterocycles. The Morgan fingerprint density at radius 2 is 2.13 bits per heavy atom. The molecule has 1 aromatic rings. The molecular formula is C13H18O2. The molecule has 82 valence electrons. The molecule has 2 nitrogen and oxygen atoms in total. The number of benzene rings is 1. The van der Waals surface area contributed by atoms with Crippen molar-refractivity contribution in [1.29, 1.82) is 0 Å².